The highest BCUT2D eigenvalue weighted by molar-refractivity contribution is 6.31. The topological polar surface area (TPSA) is 37.8 Å². The van der Waals surface area contributed by atoms with E-state index in [1.807, 2.05) is 6.07 Å². The maximum Gasteiger partial charge on any atom is 0.159 e. The normalized spacial score (nSPS) is 10.7. The molecule has 2 aromatic rings. The number of nitrogens with one attached hydrogen (secondary N) is 1. The van der Waals surface area contributed by atoms with E-state index in [0.29, 0.717) is 17.9 Å². The lowest BCUT2D eigenvalue weighted by atomic mass is 10.2. The van der Waals surface area contributed by atoms with E-state index >= 15 is 0 Å². The Balaban J connectivity index is 2.19. The highest BCUT2D eigenvalue weighted by atomic mass is 35.5. The summed E-state index contributed by atoms with van der Waals surface area (Å²) < 4.78 is 13.1. The van der Waals surface area contributed by atoms with E-state index in [9.17, 15) is 4.39 Å². The molecule has 1 heterocycles. The van der Waals surface area contributed by atoms with Gasteiger partial charge in [0.2, 0.25) is 0 Å². The third-order valence-corrected chi connectivity index (χ3v) is 2.91. The van der Waals surface area contributed by atoms with Crippen LogP contribution in [0.2, 0.25) is 5.02 Å². The Morgan fingerprint density at radius 1 is 1.32 bits per heavy atom. The minimum atomic E-state index is -0.439. The molecule has 1 N–H and O–H groups in total. The Kier molecular flexibility index (Phi) is 4.82. The van der Waals surface area contributed by atoms with Crippen LogP contribution in [0.1, 0.15) is 19.0 Å². The van der Waals surface area contributed by atoms with E-state index in [1.165, 1.54) is 12.1 Å². The summed E-state index contributed by atoms with van der Waals surface area (Å²) in [6.07, 6.45) is 2.77. The van der Waals surface area contributed by atoms with Gasteiger partial charge in [-0.25, -0.2) is 14.4 Å². The molecule has 19 heavy (non-hydrogen) atoms. The first kappa shape index (κ1) is 13.9. The van der Waals surface area contributed by atoms with Crippen molar-refractivity contribution in [2.45, 2.75) is 19.9 Å². The summed E-state index contributed by atoms with van der Waals surface area (Å²) >= 11 is 5.76. The Morgan fingerprint density at radius 2 is 2.16 bits per heavy atom. The van der Waals surface area contributed by atoms with Gasteiger partial charge in [0, 0.05) is 18.3 Å². The molecule has 0 atom stereocenters. The van der Waals surface area contributed by atoms with E-state index in [1.54, 1.807) is 12.3 Å². The van der Waals surface area contributed by atoms with Crippen LogP contribution >= 0.6 is 11.6 Å². The molecular formula is C14H15ClFN3. The lowest BCUT2D eigenvalue weighted by Crippen LogP contribution is -2.15. The summed E-state index contributed by atoms with van der Waals surface area (Å²) in [5.74, 6) is 0.115. The van der Waals surface area contributed by atoms with E-state index in [-0.39, 0.29) is 5.02 Å². The smallest absolute Gasteiger partial charge is 0.159 e. The van der Waals surface area contributed by atoms with E-state index in [0.717, 1.165) is 18.7 Å². The van der Waals surface area contributed by atoms with Gasteiger partial charge < -0.3 is 5.32 Å². The molecule has 100 valence electrons. The largest absolute Gasteiger partial charge is 0.311 e. The highest BCUT2D eigenvalue weighted by Gasteiger charge is 2.06. The lowest BCUT2D eigenvalue weighted by molar-refractivity contribution is 0.628. The van der Waals surface area contributed by atoms with Crippen molar-refractivity contribution in [2.24, 2.45) is 0 Å². The molecule has 0 fully saturated rings. The zero-order chi connectivity index (χ0) is 13.7. The van der Waals surface area contributed by atoms with Crippen LogP contribution in [0.25, 0.3) is 11.4 Å². The quantitative estimate of drug-likeness (QED) is 0.852. The molecule has 0 bridgehead atoms. The van der Waals surface area contributed by atoms with Gasteiger partial charge in [-0.2, -0.15) is 0 Å². The van der Waals surface area contributed by atoms with Crippen LogP contribution in [-0.2, 0) is 6.54 Å². The molecule has 0 unspecified atom stereocenters. The first-order valence-corrected chi connectivity index (χ1v) is 6.56. The second-order valence-electron chi connectivity index (χ2n) is 4.18. The van der Waals surface area contributed by atoms with Gasteiger partial charge >= 0.3 is 0 Å². The molecule has 0 aliphatic carbocycles. The van der Waals surface area contributed by atoms with E-state index in [2.05, 4.69) is 22.2 Å². The third kappa shape index (κ3) is 3.72. The van der Waals surface area contributed by atoms with Gasteiger partial charge in [-0.15, -0.1) is 0 Å². The van der Waals surface area contributed by atoms with Gasteiger partial charge in [0.1, 0.15) is 5.82 Å². The van der Waals surface area contributed by atoms with Crippen LogP contribution in [0.3, 0.4) is 0 Å². The van der Waals surface area contributed by atoms with Gasteiger partial charge in [-0.1, -0.05) is 18.5 Å². The zero-order valence-electron chi connectivity index (χ0n) is 10.7. The minimum Gasteiger partial charge on any atom is -0.311 e. The second kappa shape index (κ2) is 6.59. The Morgan fingerprint density at radius 3 is 2.89 bits per heavy atom. The molecule has 0 amide bonds. The van der Waals surface area contributed by atoms with Crippen molar-refractivity contribution in [1.82, 2.24) is 15.3 Å². The standard InChI is InChI=1S/C14H15ClFN3/c1-2-6-17-9-11-5-7-18-14(19-11)10-3-4-13(16)12(15)8-10/h3-5,7-8,17H,2,6,9H2,1H3. The van der Waals surface area contributed by atoms with Gasteiger partial charge in [-0.05, 0) is 37.2 Å². The minimum absolute atomic E-state index is 0.0793. The van der Waals surface area contributed by atoms with Crippen LogP contribution in [0, 0.1) is 5.82 Å². The molecule has 0 spiro atoms. The first-order valence-electron chi connectivity index (χ1n) is 6.18. The molecule has 0 saturated carbocycles. The van der Waals surface area contributed by atoms with Crippen LogP contribution in [0.15, 0.2) is 30.5 Å². The molecule has 2 rings (SSSR count). The molecule has 0 saturated heterocycles. The summed E-state index contributed by atoms with van der Waals surface area (Å²) in [7, 11) is 0. The highest BCUT2D eigenvalue weighted by Crippen LogP contribution is 2.22. The summed E-state index contributed by atoms with van der Waals surface area (Å²) in [4.78, 5) is 8.62. The predicted octanol–water partition coefficient (Wildman–Crippen LogP) is 3.44. The van der Waals surface area contributed by atoms with Crippen molar-refractivity contribution in [3.63, 3.8) is 0 Å². The number of aromatic nitrogens is 2. The van der Waals surface area contributed by atoms with Crippen molar-refractivity contribution in [2.75, 3.05) is 6.54 Å². The number of hydrogen-bond acceptors (Lipinski definition) is 3. The van der Waals surface area contributed by atoms with Crippen LogP contribution in [0.4, 0.5) is 4.39 Å². The first-order chi connectivity index (χ1) is 9.20. The molecule has 1 aromatic carbocycles. The average molecular weight is 280 g/mol. The lowest BCUT2D eigenvalue weighted by Gasteiger charge is -2.05. The number of hydrogen-bond donors (Lipinski definition) is 1. The summed E-state index contributed by atoms with van der Waals surface area (Å²) in [6, 6.07) is 6.34. The SMILES string of the molecule is CCCNCc1ccnc(-c2ccc(F)c(Cl)c2)n1. The third-order valence-electron chi connectivity index (χ3n) is 2.62. The average Bonchev–Trinajstić information content (AvgIpc) is 2.43. The fourth-order valence-electron chi connectivity index (χ4n) is 1.66. The van der Waals surface area contributed by atoms with Gasteiger partial charge in [0.25, 0.3) is 0 Å². The van der Waals surface area contributed by atoms with Crippen LogP contribution in [-0.4, -0.2) is 16.5 Å². The summed E-state index contributed by atoms with van der Waals surface area (Å²) in [5.41, 5.74) is 1.61. The van der Waals surface area contributed by atoms with Crippen LogP contribution in [0.5, 0.6) is 0 Å². The monoisotopic (exact) mass is 279 g/mol. The molecule has 0 aliphatic heterocycles. The second-order valence-corrected chi connectivity index (χ2v) is 4.58. The summed E-state index contributed by atoms with van der Waals surface area (Å²) in [6.45, 7) is 3.75. The van der Waals surface area contributed by atoms with Crippen molar-refractivity contribution in [3.8, 4) is 11.4 Å². The molecule has 1 aromatic heterocycles. The number of benzene rings is 1. The molecule has 5 heteroatoms. The Hall–Kier alpha value is -1.52. The number of nitrogens with zero attached hydrogens (tertiary/aromatic N) is 2. The zero-order valence-corrected chi connectivity index (χ0v) is 11.4. The van der Waals surface area contributed by atoms with Gasteiger partial charge in [-0.3, -0.25) is 0 Å². The number of rotatable bonds is 5. The van der Waals surface area contributed by atoms with Crippen molar-refractivity contribution in [3.05, 3.63) is 47.0 Å². The van der Waals surface area contributed by atoms with Crippen molar-refractivity contribution >= 4 is 11.6 Å². The van der Waals surface area contributed by atoms with Gasteiger partial charge in [0.15, 0.2) is 5.82 Å². The number of halogens is 2. The molecular weight excluding hydrogens is 265 g/mol. The molecule has 0 radical (unpaired) electrons. The Labute approximate surface area is 116 Å². The predicted molar refractivity (Wildman–Crippen MR) is 74.4 cm³/mol. The van der Waals surface area contributed by atoms with Crippen LogP contribution < -0.4 is 5.32 Å². The maximum atomic E-state index is 13.1. The van der Waals surface area contributed by atoms with Gasteiger partial charge in [0.05, 0.1) is 10.7 Å². The van der Waals surface area contributed by atoms with E-state index in [4.69, 9.17) is 11.6 Å². The fraction of sp³-hybridized carbons (Fsp3) is 0.286. The van der Waals surface area contributed by atoms with Crippen molar-refractivity contribution < 1.29 is 4.39 Å². The fourth-order valence-corrected chi connectivity index (χ4v) is 1.84. The Bertz CT molecular complexity index is 560. The molecule has 3 nitrogen and oxygen atoms in total. The summed E-state index contributed by atoms with van der Waals surface area (Å²) in [5, 5.41) is 3.35. The maximum absolute atomic E-state index is 13.1. The molecule has 0 aliphatic rings. The van der Waals surface area contributed by atoms with E-state index < -0.39 is 5.82 Å². The van der Waals surface area contributed by atoms with Crippen molar-refractivity contribution in [1.29, 1.82) is 0 Å².